The minimum absolute atomic E-state index is 0.0352. The maximum Gasteiger partial charge on any atom is 0.319 e. The molecule has 110 valence electrons. The lowest BCUT2D eigenvalue weighted by Gasteiger charge is -2.13. The number of hydrogen-bond donors (Lipinski definition) is 3. The molecule has 0 heterocycles. The molecule has 0 saturated carbocycles. The van der Waals surface area contributed by atoms with E-state index in [2.05, 4.69) is 10.6 Å². The van der Waals surface area contributed by atoms with Crippen LogP contribution < -0.4 is 20.1 Å². The largest absolute Gasteiger partial charge is 0.497 e. The number of carbonyl (C=O) groups excluding carboxylic acids is 1. The summed E-state index contributed by atoms with van der Waals surface area (Å²) in [5.74, 6) is -0.579. The zero-order valence-corrected chi connectivity index (χ0v) is 11.6. The molecule has 1 atom stereocenters. The van der Waals surface area contributed by atoms with Gasteiger partial charge in [0.2, 0.25) is 0 Å². The SMILES string of the molecule is COc1ccc(OC)c(NC(=O)NCC(C)C(=O)O)c1. The Morgan fingerprint density at radius 3 is 2.55 bits per heavy atom. The Labute approximate surface area is 116 Å². The smallest absolute Gasteiger partial charge is 0.319 e. The van der Waals surface area contributed by atoms with Crippen LogP contribution in [0.3, 0.4) is 0 Å². The van der Waals surface area contributed by atoms with Gasteiger partial charge in [-0.1, -0.05) is 6.92 Å². The van der Waals surface area contributed by atoms with E-state index in [9.17, 15) is 9.59 Å². The first kappa shape index (κ1) is 15.6. The molecule has 0 bridgehead atoms. The molecule has 0 radical (unpaired) electrons. The van der Waals surface area contributed by atoms with E-state index in [1.807, 2.05) is 0 Å². The fraction of sp³-hybridized carbons (Fsp3) is 0.385. The van der Waals surface area contributed by atoms with Crippen molar-refractivity contribution < 1.29 is 24.2 Å². The Morgan fingerprint density at radius 2 is 2.00 bits per heavy atom. The highest BCUT2D eigenvalue weighted by atomic mass is 16.5. The standard InChI is InChI=1S/C13H18N2O5/c1-8(12(16)17)7-14-13(18)15-10-6-9(19-2)4-5-11(10)20-3/h4-6,8H,7H2,1-3H3,(H,16,17)(H2,14,15,18). The van der Waals surface area contributed by atoms with Gasteiger partial charge in [-0.25, -0.2) is 4.79 Å². The Kier molecular flexibility index (Phi) is 5.64. The number of urea groups is 1. The topological polar surface area (TPSA) is 96.9 Å². The predicted molar refractivity (Wildman–Crippen MR) is 73.4 cm³/mol. The van der Waals surface area contributed by atoms with Crippen molar-refractivity contribution in [2.24, 2.45) is 5.92 Å². The van der Waals surface area contributed by atoms with Gasteiger partial charge in [-0.3, -0.25) is 4.79 Å². The molecule has 0 fully saturated rings. The average molecular weight is 282 g/mol. The molecule has 1 aromatic rings. The molecule has 1 unspecified atom stereocenters. The highest BCUT2D eigenvalue weighted by molar-refractivity contribution is 5.91. The number of carbonyl (C=O) groups is 2. The Morgan fingerprint density at radius 1 is 1.30 bits per heavy atom. The van der Waals surface area contributed by atoms with Crippen LogP contribution in [0.25, 0.3) is 0 Å². The Balaban J connectivity index is 2.67. The maximum atomic E-state index is 11.7. The monoisotopic (exact) mass is 282 g/mol. The van der Waals surface area contributed by atoms with Gasteiger partial charge in [0.05, 0.1) is 25.8 Å². The van der Waals surface area contributed by atoms with E-state index in [1.165, 1.54) is 21.1 Å². The number of ether oxygens (including phenoxy) is 2. The van der Waals surface area contributed by atoms with Crippen LogP contribution in [0.2, 0.25) is 0 Å². The average Bonchev–Trinajstić information content (AvgIpc) is 2.44. The van der Waals surface area contributed by atoms with Gasteiger partial charge in [-0.2, -0.15) is 0 Å². The number of hydrogen-bond acceptors (Lipinski definition) is 4. The van der Waals surface area contributed by atoms with Crippen LogP contribution in [-0.4, -0.2) is 37.9 Å². The molecule has 0 saturated heterocycles. The lowest BCUT2D eigenvalue weighted by atomic mass is 10.2. The zero-order chi connectivity index (χ0) is 15.1. The summed E-state index contributed by atoms with van der Waals surface area (Å²) in [6, 6.07) is 4.46. The van der Waals surface area contributed by atoms with Crippen LogP contribution >= 0.6 is 0 Å². The van der Waals surface area contributed by atoms with Gasteiger partial charge in [-0.15, -0.1) is 0 Å². The molecule has 1 aromatic carbocycles. The van der Waals surface area contributed by atoms with Crippen molar-refractivity contribution in [3.63, 3.8) is 0 Å². The van der Waals surface area contributed by atoms with E-state index in [1.54, 1.807) is 18.2 Å². The third-order valence-electron chi connectivity index (χ3n) is 2.65. The summed E-state index contributed by atoms with van der Waals surface area (Å²) in [4.78, 5) is 22.3. The number of benzene rings is 1. The maximum absolute atomic E-state index is 11.7. The summed E-state index contributed by atoms with van der Waals surface area (Å²) >= 11 is 0. The summed E-state index contributed by atoms with van der Waals surface area (Å²) in [7, 11) is 3.00. The van der Waals surface area contributed by atoms with E-state index in [4.69, 9.17) is 14.6 Å². The molecule has 7 heteroatoms. The van der Waals surface area contributed by atoms with E-state index in [0.29, 0.717) is 17.2 Å². The Hall–Kier alpha value is -2.44. The second-order valence-corrected chi connectivity index (χ2v) is 4.14. The van der Waals surface area contributed by atoms with Gasteiger partial charge in [0.1, 0.15) is 11.5 Å². The number of nitrogens with one attached hydrogen (secondary N) is 2. The van der Waals surface area contributed by atoms with Crippen molar-refractivity contribution >= 4 is 17.7 Å². The zero-order valence-electron chi connectivity index (χ0n) is 11.6. The van der Waals surface area contributed by atoms with Gasteiger partial charge in [0, 0.05) is 12.6 Å². The molecule has 3 N–H and O–H groups in total. The van der Waals surface area contributed by atoms with Crippen LogP contribution in [0.5, 0.6) is 11.5 Å². The first-order valence-corrected chi connectivity index (χ1v) is 5.97. The molecule has 0 aliphatic rings. The lowest BCUT2D eigenvalue weighted by Crippen LogP contribution is -2.34. The number of aliphatic carboxylic acids is 1. The third-order valence-corrected chi connectivity index (χ3v) is 2.65. The first-order chi connectivity index (χ1) is 9.47. The molecular weight excluding hydrogens is 264 g/mol. The van der Waals surface area contributed by atoms with Gasteiger partial charge in [0.25, 0.3) is 0 Å². The van der Waals surface area contributed by atoms with E-state index < -0.39 is 17.9 Å². The van der Waals surface area contributed by atoms with E-state index >= 15 is 0 Å². The molecular formula is C13H18N2O5. The van der Waals surface area contributed by atoms with Crippen LogP contribution in [0.4, 0.5) is 10.5 Å². The summed E-state index contributed by atoms with van der Waals surface area (Å²) < 4.78 is 10.2. The summed E-state index contributed by atoms with van der Waals surface area (Å²) in [6.07, 6.45) is 0. The number of methoxy groups -OCH3 is 2. The Bertz CT molecular complexity index is 490. The summed E-state index contributed by atoms with van der Waals surface area (Å²) in [5.41, 5.74) is 0.437. The van der Waals surface area contributed by atoms with E-state index in [0.717, 1.165) is 0 Å². The quantitative estimate of drug-likeness (QED) is 0.735. The predicted octanol–water partition coefficient (Wildman–Crippen LogP) is 1.55. The third kappa shape index (κ3) is 4.34. The molecule has 1 rings (SSSR count). The number of anilines is 1. The molecule has 2 amide bonds. The van der Waals surface area contributed by atoms with Crippen LogP contribution in [-0.2, 0) is 4.79 Å². The van der Waals surface area contributed by atoms with Crippen LogP contribution in [0.1, 0.15) is 6.92 Å². The molecule has 0 aliphatic heterocycles. The fourth-order valence-electron chi connectivity index (χ4n) is 1.41. The highest BCUT2D eigenvalue weighted by Gasteiger charge is 2.13. The number of amides is 2. The van der Waals surface area contributed by atoms with Gasteiger partial charge >= 0.3 is 12.0 Å². The van der Waals surface area contributed by atoms with Crippen molar-refractivity contribution in [2.75, 3.05) is 26.1 Å². The molecule has 0 aliphatic carbocycles. The minimum Gasteiger partial charge on any atom is -0.497 e. The summed E-state index contributed by atoms with van der Waals surface area (Å²) in [6.45, 7) is 1.54. The van der Waals surface area contributed by atoms with Crippen molar-refractivity contribution in [3.05, 3.63) is 18.2 Å². The van der Waals surface area contributed by atoms with Gasteiger partial charge < -0.3 is 25.2 Å². The van der Waals surface area contributed by atoms with Crippen molar-refractivity contribution in [1.29, 1.82) is 0 Å². The van der Waals surface area contributed by atoms with E-state index in [-0.39, 0.29) is 6.54 Å². The van der Waals surface area contributed by atoms with Crippen molar-refractivity contribution in [1.82, 2.24) is 5.32 Å². The molecule has 0 spiro atoms. The number of rotatable bonds is 6. The first-order valence-electron chi connectivity index (χ1n) is 5.97. The van der Waals surface area contributed by atoms with Gasteiger partial charge in [-0.05, 0) is 12.1 Å². The highest BCUT2D eigenvalue weighted by Crippen LogP contribution is 2.28. The van der Waals surface area contributed by atoms with Crippen molar-refractivity contribution in [3.8, 4) is 11.5 Å². The second-order valence-electron chi connectivity index (χ2n) is 4.14. The lowest BCUT2D eigenvalue weighted by molar-refractivity contribution is -0.140. The normalized spacial score (nSPS) is 11.3. The van der Waals surface area contributed by atoms with Gasteiger partial charge in [0.15, 0.2) is 0 Å². The fourth-order valence-corrected chi connectivity index (χ4v) is 1.41. The van der Waals surface area contributed by atoms with Crippen molar-refractivity contribution in [2.45, 2.75) is 6.92 Å². The molecule has 0 aromatic heterocycles. The summed E-state index contributed by atoms with van der Waals surface area (Å²) in [5, 5.41) is 13.8. The van der Waals surface area contributed by atoms with Crippen LogP contribution in [0, 0.1) is 5.92 Å². The number of carboxylic acids is 1. The molecule has 20 heavy (non-hydrogen) atoms. The van der Waals surface area contributed by atoms with Crippen LogP contribution in [0.15, 0.2) is 18.2 Å². The second kappa shape index (κ2) is 7.22. The number of carboxylic acid groups (broad SMARTS) is 1. The minimum atomic E-state index is -0.968. The molecule has 7 nitrogen and oxygen atoms in total.